The van der Waals surface area contributed by atoms with E-state index in [-0.39, 0.29) is 11.7 Å². The zero-order valence-electron chi connectivity index (χ0n) is 14.5. The van der Waals surface area contributed by atoms with Gasteiger partial charge < -0.3 is 19.3 Å². The Kier molecular flexibility index (Phi) is 5.84. The Balaban J connectivity index is 2.24. The van der Waals surface area contributed by atoms with Crippen LogP contribution in [0.5, 0.6) is 23.0 Å². The van der Waals surface area contributed by atoms with Gasteiger partial charge in [-0.05, 0) is 43.3 Å². The summed E-state index contributed by atoms with van der Waals surface area (Å²) < 4.78 is 15.9. The Hall–Kier alpha value is -3.22. The first-order valence-electron chi connectivity index (χ1n) is 7.44. The summed E-state index contributed by atoms with van der Waals surface area (Å²) in [4.78, 5) is 12.1. The Bertz CT molecular complexity index is 760. The first kappa shape index (κ1) is 18.1. The molecule has 2 aromatic rings. The molecule has 0 bridgehead atoms. The second kappa shape index (κ2) is 8.05. The fraction of sp³-hybridized carbons (Fsp3) is 0.222. The molecule has 0 unspecified atom stereocenters. The van der Waals surface area contributed by atoms with Gasteiger partial charge in [0.2, 0.25) is 5.75 Å². The molecular weight excluding hydrogens is 324 g/mol. The maximum atomic E-state index is 12.1. The van der Waals surface area contributed by atoms with E-state index >= 15 is 0 Å². The van der Waals surface area contributed by atoms with Crippen molar-refractivity contribution in [1.82, 2.24) is 5.43 Å². The third-order valence-corrected chi connectivity index (χ3v) is 3.54. The fourth-order valence-electron chi connectivity index (χ4n) is 2.17. The molecule has 0 saturated heterocycles. The number of methoxy groups -OCH3 is 3. The number of aromatic hydroxyl groups is 1. The number of carbonyl (C=O) groups is 1. The number of rotatable bonds is 6. The molecule has 7 heteroatoms. The van der Waals surface area contributed by atoms with E-state index in [1.54, 1.807) is 19.1 Å². The van der Waals surface area contributed by atoms with Crippen molar-refractivity contribution in [1.29, 1.82) is 0 Å². The van der Waals surface area contributed by atoms with Gasteiger partial charge in [-0.2, -0.15) is 5.10 Å². The molecule has 0 aromatic heterocycles. The smallest absolute Gasteiger partial charge is 0.271 e. The second-order valence-electron chi connectivity index (χ2n) is 5.10. The number of amides is 1. The summed E-state index contributed by atoms with van der Waals surface area (Å²) in [5.74, 6) is 1.18. The summed E-state index contributed by atoms with van der Waals surface area (Å²) in [6.07, 6.45) is 0. The maximum absolute atomic E-state index is 12.1. The molecule has 0 spiro atoms. The maximum Gasteiger partial charge on any atom is 0.271 e. The van der Waals surface area contributed by atoms with Crippen LogP contribution in [0.1, 0.15) is 22.8 Å². The van der Waals surface area contributed by atoms with Gasteiger partial charge in [0.25, 0.3) is 5.91 Å². The van der Waals surface area contributed by atoms with Crippen LogP contribution in [0.4, 0.5) is 0 Å². The Morgan fingerprint density at radius 1 is 0.960 bits per heavy atom. The highest BCUT2D eigenvalue weighted by Gasteiger charge is 2.14. The van der Waals surface area contributed by atoms with Crippen LogP contribution in [0.3, 0.4) is 0 Å². The van der Waals surface area contributed by atoms with Gasteiger partial charge in [-0.25, -0.2) is 5.43 Å². The molecule has 0 saturated carbocycles. The van der Waals surface area contributed by atoms with Crippen molar-refractivity contribution in [3.63, 3.8) is 0 Å². The molecule has 132 valence electrons. The minimum absolute atomic E-state index is 0.0913. The zero-order valence-corrected chi connectivity index (χ0v) is 14.5. The topological polar surface area (TPSA) is 89.4 Å². The van der Waals surface area contributed by atoms with Crippen LogP contribution >= 0.6 is 0 Å². The molecule has 0 fully saturated rings. The molecule has 0 aliphatic rings. The standard InChI is InChI=1S/C18H20N2O5/c1-11(19-20-18(22)12-5-7-14(21)8-6-12)13-9-15(23-2)17(25-4)16(10-13)24-3/h5-10,21H,1-4H3,(H,20,22). The van der Waals surface area contributed by atoms with Crippen LogP contribution in [-0.2, 0) is 0 Å². The van der Waals surface area contributed by atoms with Crippen LogP contribution in [-0.4, -0.2) is 38.1 Å². The lowest BCUT2D eigenvalue weighted by atomic mass is 10.1. The monoisotopic (exact) mass is 344 g/mol. The molecule has 0 aliphatic heterocycles. The summed E-state index contributed by atoms with van der Waals surface area (Å²) in [5, 5.41) is 13.4. The van der Waals surface area contributed by atoms with E-state index in [4.69, 9.17) is 14.2 Å². The number of nitrogens with zero attached hydrogens (tertiary/aromatic N) is 1. The van der Waals surface area contributed by atoms with Crippen LogP contribution in [0, 0.1) is 0 Å². The van der Waals surface area contributed by atoms with Crippen molar-refractivity contribution >= 4 is 11.6 Å². The van der Waals surface area contributed by atoms with Gasteiger partial charge in [0.05, 0.1) is 27.0 Å². The lowest BCUT2D eigenvalue weighted by molar-refractivity contribution is 0.0955. The zero-order chi connectivity index (χ0) is 18.4. The van der Waals surface area contributed by atoms with Crippen molar-refractivity contribution in [2.75, 3.05) is 21.3 Å². The number of carbonyl (C=O) groups excluding carboxylic acids is 1. The molecule has 25 heavy (non-hydrogen) atoms. The van der Waals surface area contributed by atoms with E-state index in [0.29, 0.717) is 34.1 Å². The predicted octanol–water partition coefficient (Wildman–Crippen LogP) is 2.57. The minimum Gasteiger partial charge on any atom is -0.508 e. The minimum atomic E-state index is -0.383. The Morgan fingerprint density at radius 2 is 1.52 bits per heavy atom. The van der Waals surface area contributed by atoms with Crippen molar-refractivity contribution < 1.29 is 24.1 Å². The predicted molar refractivity (Wildman–Crippen MR) is 93.9 cm³/mol. The molecule has 2 N–H and O–H groups in total. The molecule has 1 amide bonds. The van der Waals surface area contributed by atoms with E-state index < -0.39 is 0 Å². The number of phenols is 1. The number of benzene rings is 2. The van der Waals surface area contributed by atoms with Crippen molar-refractivity contribution in [3.8, 4) is 23.0 Å². The number of nitrogens with one attached hydrogen (secondary N) is 1. The highest BCUT2D eigenvalue weighted by Crippen LogP contribution is 2.38. The molecule has 0 radical (unpaired) electrons. The molecule has 2 rings (SSSR count). The van der Waals surface area contributed by atoms with Gasteiger partial charge in [0.15, 0.2) is 11.5 Å². The average molecular weight is 344 g/mol. The van der Waals surface area contributed by atoms with Crippen molar-refractivity contribution in [3.05, 3.63) is 47.5 Å². The lowest BCUT2D eigenvalue weighted by Crippen LogP contribution is -2.19. The van der Waals surface area contributed by atoms with E-state index in [2.05, 4.69) is 10.5 Å². The van der Waals surface area contributed by atoms with Gasteiger partial charge >= 0.3 is 0 Å². The normalized spacial score (nSPS) is 11.0. The SMILES string of the molecule is COc1cc(C(C)=NNC(=O)c2ccc(O)cc2)cc(OC)c1OC. The van der Waals surface area contributed by atoms with E-state index in [1.807, 2.05) is 0 Å². The number of hydrazone groups is 1. The molecule has 0 heterocycles. The van der Waals surface area contributed by atoms with Crippen LogP contribution in [0.25, 0.3) is 0 Å². The average Bonchev–Trinajstić information content (AvgIpc) is 2.64. The highest BCUT2D eigenvalue weighted by molar-refractivity contribution is 6.01. The molecule has 7 nitrogen and oxygen atoms in total. The fourth-order valence-corrected chi connectivity index (χ4v) is 2.17. The first-order valence-corrected chi connectivity index (χ1v) is 7.44. The summed E-state index contributed by atoms with van der Waals surface area (Å²) in [6, 6.07) is 9.37. The number of hydrogen-bond donors (Lipinski definition) is 2. The van der Waals surface area contributed by atoms with Crippen LogP contribution < -0.4 is 19.6 Å². The van der Waals surface area contributed by atoms with E-state index in [9.17, 15) is 9.90 Å². The Morgan fingerprint density at radius 3 is 2.00 bits per heavy atom. The lowest BCUT2D eigenvalue weighted by Gasteiger charge is -2.14. The second-order valence-corrected chi connectivity index (χ2v) is 5.10. The highest BCUT2D eigenvalue weighted by atomic mass is 16.5. The summed E-state index contributed by atoms with van der Waals surface area (Å²) in [5.41, 5.74) is 4.13. The molecule has 0 aliphatic carbocycles. The summed E-state index contributed by atoms with van der Waals surface area (Å²) >= 11 is 0. The molecular formula is C18H20N2O5. The van der Waals surface area contributed by atoms with Crippen molar-refractivity contribution in [2.45, 2.75) is 6.92 Å². The van der Waals surface area contributed by atoms with Gasteiger partial charge in [-0.1, -0.05) is 0 Å². The third-order valence-electron chi connectivity index (χ3n) is 3.54. The van der Waals surface area contributed by atoms with E-state index in [0.717, 1.165) is 0 Å². The summed E-state index contributed by atoms with van der Waals surface area (Å²) in [6.45, 7) is 1.75. The molecule has 0 atom stereocenters. The quantitative estimate of drug-likeness (QED) is 0.621. The third kappa shape index (κ3) is 4.20. The summed E-state index contributed by atoms with van der Waals surface area (Å²) in [7, 11) is 4.58. The van der Waals surface area contributed by atoms with Gasteiger partial charge in [-0.3, -0.25) is 4.79 Å². The Labute approximate surface area is 145 Å². The number of phenolic OH excluding ortho intramolecular Hbond substituents is 1. The largest absolute Gasteiger partial charge is 0.508 e. The van der Waals surface area contributed by atoms with Gasteiger partial charge in [0.1, 0.15) is 5.75 Å². The van der Waals surface area contributed by atoms with Gasteiger partial charge in [0, 0.05) is 11.1 Å². The van der Waals surface area contributed by atoms with Gasteiger partial charge in [-0.15, -0.1) is 0 Å². The van der Waals surface area contributed by atoms with E-state index in [1.165, 1.54) is 45.6 Å². The van der Waals surface area contributed by atoms with Crippen LogP contribution in [0.15, 0.2) is 41.5 Å². The number of hydrogen-bond acceptors (Lipinski definition) is 6. The van der Waals surface area contributed by atoms with Crippen LogP contribution in [0.2, 0.25) is 0 Å². The van der Waals surface area contributed by atoms with Crippen molar-refractivity contribution in [2.24, 2.45) is 5.10 Å². The number of ether oxygens (including phenoxy) is 3. The molecule has 2 aromatic carbocycles. The first-order chi connectivity index (χ1) is 12.0.